The van der Waals surface area contributed by atoms with Crippen LogP contribution >= 0.6 is 0 Å². The standard InChI is InChI=1S/C19H27N3O/c1-6-10-22(11-7-2)19-20-13-17(18(23)21(19)5)16-9-8-14(3)12-15(16)4/h8-9,12-13H,6-7,10-11H2,1-5H3. The number of nitrogens with zero attached hydrogens (tertiary/aromatic N) is 3. The van der Waals surface area contributed by atoms with Gasteiger partial charge in [0.05, 0.1) is 5.56 Å². The summed E-state index contributed by atoms with van der Waals surface area (Å²) in [4.78, 5) is 19.6. The number of benzene rings is 1. The summed E-state index contributed by atoms with van der Waals surface area (Å²) in [5, 5.41) is 0. The molecule has 0 unspecified atom stereocenters. The Hall–Kier alpha value is -2.10. The molecule has 1 aromatic carbocycles. The van der Waals surface area contributed by atoms with Gasteiger partial charge in [-0.2, -0.15) is 0 Å². The second kappa shape index (κ2) is 7.44. The van der Waals surface area contributed by atoms with Crippen molar-refractivity contribution >= 4 is 5.95 Å². The van der Waals surface area contributed by atoms with Crippen LogP contribution in [0.1, 0.15) is 37.8 Å². The quantitative estimate of drug-likeness (QED) is 0.816. The molecule has 0 aliphatic heterocycles. The van der Waals surface area contributed by atoms with Crippen LogP contribution in [0.2, 0.25) is 0 Å². The lowest BCUT2D eigenvalue weighted by Crippen LogP contribution is -2.33. The van der Waals surface area contributed by atoms with E-state index in [1.165, 1.54) is 5.56 Å². The Labute approximate surface area is 138 Å². The molecule has 0 aliphatic carbocycles. The van der Waals surface area contributed by atoms with E-state index >= 15 is 0 Å². The van der Waals surface area contributed by atoms with E-state index in [1.54, 1.807) is 10.8 Å². The summed E-state index contributed by atoms with van der Waals surface area (Å²) in [6.07, 6.45) is 3.80. The fraction of sp³-hybridized carbons (Fsp3) is 0.474. The summed E-state index contributed by atoms with van der Waals surface area (Å²) in [5.41, 5.74) is 3.95. The number of anilines is 1. The molecule has 1 aromatic heterocycles. The van der Waals surface area contributed by atoms with Crippen LogP contribution in [0.25, 0.3) is 11.1 Å². The Balaban J connectivity index is 2.50. The zero-order chi connectivity index (χ0) is 17.0. The number of hydrogen-bond donors (Lipinski definition) is 0. The van der Waals surface area contributed by atoms with E-state index in [9.17, 15) is 4.79 Å². The molecule has 4 heteroatoms. The third-order valence-corrected chi connectivity index (χ3v) is 4.09. The van der Waals surface area contributed by atoms with Crippen molar-refractivity contribution in [2.75, 3.05) is 18.0 Å². The minimum Gasteiger partial charge on any atom is -0.342 e. The first-order valence-corrected chi connectivity index (χ1v) is 8.38. The highest BCUT2D eigenvalue weighted by atomic mass is 16.1. The Bertz CT molecular complexity index is 728. The molecule has 23 heavy (non-hydrogen) atoms. The maximum absolute atomic E-state index is 12.8. The first-order valence-electron chi connectivity index (χ1n) is 8.38. The highest BCUT2D eigenvalue weighted by Crippen LogP contribution is 2.22. The van der Waals surface area contributed by atoms with E-state index in [0.717, 1.165) is 43.0 Å². The summed E-state index contributed by atoms with van der Waals surface area (Å²) in [6, 6.07) is 6.15. The Kier molecular flexibility index (Phi) is 5.59. The van der Waals surface area contributed by atoms with Crippen LogP contribution < -0.4 is 10.5 Å². The van der Waals surface area contributed by atoms with E-state index in [-0.39, 0.29) is 5.56 Å². The molecule has 0 spiro atoms. The first-order chi connectivity index (χ1) is 11.0. The molecule has 0 amide bonds. The van der Waals surface area contributed by atoms with E-state index in [2.05, 4.69) is 36.7 Å². The maximum atomic E-state index is 12.8. The lowest BCUT2D eigenvalue weighted by molar-refractivity contribution is 0.681. The lowest BCUT2D eigenvalue weighted by Gasteiger charge is -2.24. The van der Waals surface area contributed by atoms with Crippen molar-refractivity contribution in [2.45, 2.75) is 40.5 Å². The lowest BCUT2D eigenvalue weighted by atomic mass is 10.0. The van der Waals surface area contributed by atoms with Crippen LogP contribution in [-0.2, 0) is 7.05 Å². The SMILES string of the molecule is CCCN(CCC)c1ncc(-c2ccc(C)cc2C)c(=O)n1C. The van der Waals surface area contributed by atoms with Crippen molar-refractivity contribution in [3.63, 3.8) is 0 Å². The molecule has 2 rings (SSSR count). The average molecular weight is 313 g/mol. The molecule has 1 heterocycles. The van der Waals surface area contributed by atoms with Crippen molar-refractivity contribution in [1.82, 2.24) is 9.55 Å². The van der Waals surface area contributed by atoms with Crippen LogP contribution in [0.3, 0.4) is 0 Å². The molecular formula is C19H27N3O. The molecule has 0 saturated heterocycles. The monoisotopic (exact) mass is 313 g/mol. The van der Waals surface area contributed by atoms with Crippen LogP contribution in [0, 0.1) is 13.8 Å². The second-order valence-corrected chi connectivity index (χ2v) is 6.14. The predicted molar refractivity (Wildman–Crippen MR) is 97.2 cm³/mol. The fourth-order valence-electron chi connectivity index (χ4n) is 2.98. The molecule has 0 atom stereocenters. The van der Waals surface area contributed by atoms with Crippen molar-refractivity contribution in [3.8, 4) is 11.1 Å². The topological polar surface area (TPSA) is 38.1 Å². The Morgan fingerprint density at radius 3 is 2.30 bits per heavy atom. The maximum Gasteiger partial charge on any atom is 0.262 e. The minimum absolute atomic E-state index is 0.0131. The zero-order valence-corrected chi connectivity index (χ0v) is 14.9. The average Bonchev–Trinajstić information content (AvgIpc) is 2.51. The number of aromatic nitrogens is 2. The van der Waals surface area contributed by atoms with Gasteiger partial charge < -0.3 is 4.90 Å². The van der Waals surface area contributed by atoms with Gasteiger partial charge in [-0.1, -0.05) is 37.6 Å². The highest BCUT2D eigenvalue weighted by molar-refractivity contribution is 5.66. The summed E-state index contributed by atoms with van der Waals surface area (Å²) < 4.78 is 1.68. The fourth-order valence-corrected chi connectivity index (χ4v) is 2.98. The minimum atomic E-state index is 0.0131. The molecule has 0 saturated carbocycles. The molecular weight excluding hydrogens is 286 g/mol. The molecule has 0 aliphatic rings. The van der Waals surface area contributed by atoms with E-state index in [1.807, 2.05) is 26.1 Å². The molecule has 0 fully saturated rings. The Morgan fingerprint density at radius 1 is 1.09 bits per heavy atom. The number of hydrogen-bond acceptors (Lipinski definition) is 3. The van der Waals surface area contributed by atoms with Gasteiger partial charge in [-0.3, -0.25) is 9.36 Å². The van der Waals surface area contributed by atoms with Gasteiger partial charge in [0.15, 0.2) is 0 Å². The summed E-state index contributed by atoms with van der Waals surface area (Å²) in [6.45, 7) is 10.2. The van der Waals surface area contributed by atoms with Gasteiger partial charge in [0.25, 0.3) is 5.56 Å². The van der Waals surface area contributed by atoms with E-state index in [4.69, 9.17) is 0 Å². The molecule has 124 valence electrons. The third-order valence-electron chi connectivity index (χ3n) is 4.09. The number of rotatable bonds is 6. The first kappa shape index (κ1) is 17.3. The van der Waals surface area contributed by atoms with Crippen LogP contribution in [0.5, 0.6) is 0 Å². The molecule has 2 aromatic rings. The van der Waals surface area contributed by atoms with Gasteiger partial charge in [0.2, 0.25) is 5.95 Å². The van der Waals surface area contributed by atoms with Crippen molar-refractivity contribution in [2.24, 2.45) is 7.05 Å². The van der Waals surface area contributed by atoms with Crippen molar-refractivity contribution < 1.29 is 0 Å². The second-order valence-electron chi connectivity index (χ2n) is 6.14. The smallest absolute Gasteiger partial charge is 0.262 e. The molecule has 0 radical (unpaired) electrons. The Morgan fingerprint density at radius 2 is 1.74 bits per heavy atom. The summed E-state index contributed by atoms with van der Waals surface area (Å²) in [5.74, 6) is 0.757. The zero-order valence-electron chi connectivity index (χ0n) is 14.9. The summed E-state index contributed by atoms with van der Waals surface area (Å²) >= 11 is 0. The van der Waals surface area contributed by atoms with E-state index in [0.29, 0.717) is 5.56 Å². The van der Waals surface area contributed by atoms with Gasteiger partial charge in [-0.15, -0.1) is 0 Å². The molecule has 4 nitrogen and oxygen atoms in total. The largest absolute Gasteiger partial charge is 0.342 e. The predicted octanol–water partition coefficient (Wildman–Crippen LogP) is 3.69. The van der Waals surface area contributed by atoms with Crippen molar-refractivity contribution in [3.05, 3.63) is 45.9 Å². The summed E-state index contributed by atoms with van der Waals surface area (Å²) in [7, 11) is 1.82. The number of aryl methyl sites for hydroxylation is 2. The third kappa shape index (κ3) is 3.63. The molecule has 0 N–H and O–H groups in total. The normalized spacial score (nSPS) is 10.8. The van der Waals surface area contributed by atoms with Gasteiger partial charge in [0.1, 0.15) is 0 Å². The molecule has 0 bridgehead atoms. The van der Waals surface area contributed by atoms with Gasteiger partial charge >= 0.3 is 0 Å². The van der Waals surface area contributed by atoms with Crippen molar-refractivity contribution in [1.29, 1.82) is 0 Å². The highest BCUT2D eigenvalue weighted by Gasteiger charge is 2.15. The van der Waals surface area contributed by atoms with Crippen LogP contribution in [0.15, 0.2) is 29.2 Å². The van der Waals surface area contributed by atoms with Crippen LogP contribution in [0.4, 0.5) is 5.95 Å². The van der Waals surface area contributed by atoms with Gasteiger partial charge in [-0.25, -0.2) is 4.98 Å². The van der Waals surface area contributed by atoms with Gasteiger partial charge in [-0.05, 0) is 37.8 Å². The van der Waals surface area contributed by atoms with Gasteiger partial charge in [0, 0.05) is 26.3 Å². The van der Waals surface area contributed by atoms with E-state index < -0.39 is 0 Å². The van der Waals surface area contributed by atoms with Crippen LogP contribution in [-0.4, -0.2) is 22.6 Å².